The third-order valence-electron chi connectivity index (χ3n) is 3.03. The predicted molar refractivity (Wildman–Crippen MR) is 76.4 cm³/mol. The largest absolute Gasteiger partial charge is 0.486 e. The summed E-state index contributed by atoms with van der Waals surface area (Å²) >= 11 is 0. The number of rotatable bonds is 3. The smallest absolute Gasteiger partial charge is 0.339 e. The van der Waals surface area contributed by atoms with Gasteiger partial charge in [-0.2, -0.15) is 8.42 Å². The van der Waals surface area contributed by atoms with Crippen LogP contribution in [0.4, 0.5) is 0 Å². The van der Waals surface area contributed by atoms with Crippen LogP contribution < -0.4 is 13.7 Å². The molecule has 5 nitrogen and oxygen atoms in total. The fourth-order valence-electron chi connectivity index (χ4n) is 1.96. The summed E-state index contributed by atoms with van der Waals surface area (Å²) in [5.74, 6) is 1.26. The molecule has 0 saturated carbocycles. The molecule has 0 aliphatic carbocycles. The molecular formula is C15H14O5S. The molecule has 0 N–H and O–H groups in total. The summed E-state index contributed by atoms with van der Waals surface area (Å²) in [5, 5.41) is 0. The van der Waals surface area contributed by atoms with E-state index >= 15 is 0 Å². The number of aryl methyl sites for hydroxylation is 1. The minimum Gasteiger partial charge on any atom is -0.486 e. The van der Waals surface area contributed by atoms with Gasteiger partial charge >= 0.3 is 10.1 Å². The minimum absolute atomic E-state index is 0.114. The highest BCUT2D eigenvalue weighted by molar-refractivity contribution is 7.87. The molecule has 0 aromatic heterocycles. The Labute approximate surface area is 123 Å². The molecule has 2 aromatic carbocycles. The van der Waals surface area contributed by atoms with E-state index < -0.39 is 10.1 Å². The van der Waals surface area contributed by atoms with Crippen LogP contribution in [0.2, 0.25) is 0 Å². The predicted octanol–water partition coefficient (Wildman–Crippen LogP) is 2.53. The van der Waals surface area contributed by atoms with Crippen LogP contribution >= 0.6 is 0 Å². The zero-order valence-corrected chi connectivity index (χ0v) is 12.2. The Morgan fingerprint density at radius 1 is 0.952 bits per heavy atom. The first-order valence-corrected chi connectivity index (χ1v) is 7.86. The lowest BCUT2D eigenvalue weighted by Gasteiger charge is -2.18. The van der Waals surface area contributed by atoms with Crippen molar-refractivity contribution in [3.8, 4) is 17.2 Å². The third-order valence-corrected chi connectivity index (χ3v) is 4.29. The first-order valence-electron chi connectivity index (χ1n) is 6.45. The second kappa shape index (κ2) is 5.29. The molecule has 0 spiro atoms. The second-order valence-electron chi connectivity index (χ2n) is 4.66. The fourth-order valence-corrected chi connectivity index (χ4v) is 2.88. The maximum absolute atomic E-state index is 12.2. The third kappa shape index (κ3) is 2.95. The number of hydrogen-bond acceptors (Lipinski definition) is 5. The normalized spacial score (nSPS) is 13.8. The van der Waals surface area contributed by atoms with Gasteiger partial charge in [-0.3, -0.25) is 0 Å². The zero-order chi connectivity index (χ0) is 14.9. The number of ether oxygens (including phenoxy) is 2. The Bertz CT molecular complexity index is 750. The van der Waals surface area contributed by atoms with Crippen LogP contribution in [0.25, 0.3) is 0 Å². The summed E-state index contributed by atoms with van der Waals surface area (Å²) in [7, 11) is -3.85. The van der Waals surface area contributed by atoms with Gasteiger partial charge in [0.25, 0.3) is 0 Å². The van der Waals surface area contributed by atoms with Crippen molar-refractivity contribution in [1.29, 1.82) is 0 Å². The van der Waals surface area contributed by atoms with E-state index in [1.54, 1.807) is 24.3 Å². The van der Waals surface area contributed by atoms with Crippen LogP contribution in [0.5, 0.6) is 17.2 Å². The van der Waals surface area contributed by atoms with Gasteiger partial charge in [-0.25, -0.2) is 0 Å². The van der Waals surface area contributed by atoms with E-state index in [1.807, 2.05) is 6.92 Å². The van der Waals surface area contributed by atoms with Gasteiger partial charge in [0.15, 0.2) is 11.5 Å². The van der Waals surface area contributed by atoms with Crippen molar-refractivity contribution in [1.82, 2.24) is 0 Å². The fraction of sp³-hybridized carbons (Fsp3) is 0.200. The molecule has 0 unspecified atom stereocenters. The standard InChI is InChI=1S/C15H14O5S/c1-11-2-5-13(6-3-11)21(16,17)20-12-4-7-14-15(10-12)19-9-8-18-14/h2-7,10H,8-9H2,1H3. The molecule has 1 aliphatic rings. The quantitative estimate of drug-likeness (QED) is 0.815. The van der Waals surface area contributed by atoms with Gasteiger partial charge in [-0.05, 0) is 31.2 Å². The van der Waals surface area contributed by atoms with Crippen molar-refractivity contribution in [3.05, 3.63) is 48.0 Å². The van der Waals surface area contributed by atoms with Crippen LogP contribution in [-0.2, 0) is 10.1 Å². The Balaban J connectivity index is 1.87. The van der Waals surface area contributed by atoms with E-state index in [4.69, 9.17) is 13.7 Å². The summed E-state index contributed by atoms with van der Waals surface area (Å²) in [6.07, 6.45) is 0. The number of hydrogen-bond donors (Lipinski definition) is 0. The summed E-state index contributed by atoms with van der Waals surface area (Å²) in [6.45, 7) is 2.80. The van der Waals surface area contributed by atoms with Crippen LogP contribution in [0.1, 0.15) is 5.56 Å². The van der Waals surface area contributed by atoms with Gasteiger partial charge < -0.3 is 13.7 Å². The zero-order valence-electron chi connectivity index (χ0n) is 11.4. The number of fused-ring (bicyclic) bond motifs is 1. The van der Waals surface area contributed by atoms with Crippen LogP contribution in [0, 0.1) is 6.92 Å². The van der Waals surface area contributed by atoms with E-state index in [2.05, 4.69) is 0 Å². The van der Waals surface area contributed by atoms with Crippen LogP contribution in [-0.4, -0.2) is 21.6 Å². The molecule has 6 heteroatoms. The van der Waals surface area contributed by atoms with E-state index in [0.717, 1.165) is 5.56 Å². The highest BCUT2D eigenvalue weighted by atomic mass is 32.2. The molecule has 0 bridgehead atoms. The molecule has 1 aliphatic heterocycles. The van der Waals surface area contributed by atoms with E-state index in [1.165, 1.54) is 18.2 Å². The molecule has 21 heavy (non-hydrogen) atoms. The van der Waals surface area contributed by atoms with Gasteiger partial charge in [0, 0.05) is 6.07 Å². The molecule has 0 radical (unpaired) electrons. The van der Waals surface area contributed by atoms with E-state index in [-0.39, 0.29) is 10.6 Å². The lowest BCUT2D eigenvalue weighted by atomic mass is 10.2. The molecule has 110 valence electrons. The maximum Gasteiger partial charge on any atom is 0.339 e. The second-order valence-corrected chi connectivity index (χ2v) is 6.20. The monoisotopic (exact) mass is 306 g/mol. The van der Waals surface area contributed by atoms with Crippen LogP contribution in [0.15, 0.2) is 47.4 Å². The molecule has 0 atom stereocenters. The molecule has 2 aromatic rings. The summed E-state index contributed by atoms with van der Waals surface area (Å²) in [5.41, 5.74) is 0.980. The lowest BCUT2D eigenvalue weighted by Crippen LogP contribution is -2.15. The topological polar surface area (TPSA) is 61.8 Å². The van der Waals surface area contributed by atoms with Crippen LogP contribution in [0.3, 0.4) is 0 Å². The van der Waals surface area contributed by atoms with Gasteiger partial charge in [0.1, 0.15) is 23.9 Å². The Kier molecular flexibility index (Phi) is 3.47. The first-order chi connectivity index (χ1) is 10.0. The Morgan fingerprint density at radius 3 is 2.33 bits per heavy atom. The van der Waals surface area contributed by atoms with Crippen molar-refractivity contribution in [2.24, 2.45) is 0 Å². The summed E-state index contributed by atoms with van der Waals surface area (Å²) in [6, 6.07) is 11.2. The van der Waals surface area contributed by atoms with Crippen molar-refractivity contribution in [2.45, 2.75) is 11.8 Å². The maximum atomic E-state index is 12.2. The Hall–Kier alpha value is -2.21. The van der Waals surface area contributed by atoms with E-state index in [0.29, 0.717) is 24.7 Å². The van der Waals surface area contributed by atoms with Gasteiger partial charge in [0.05, 0.1) is 0 Å². The average molecular weight is 306 g/mol. The van der Waals surface area contributed by atoms with Gasteiger partial charge in [-0.1, -0.05) is 17.7 Å². The lowest BCUT2D eigenvalue weighted by molar-refractivity contribution is 0.171. The molecule has 1 heterocycles. The number of benzene rings is 2. The Morgan fingerprint density at radius 2 is 1.62 bits per heavy atom. The highest BCUT2D eigenvalue weighted by Crippen LogP contribution is 2.34. The van der Waals surface area contributed by atoms with Crippen molar-refractivity contribution >= 4 is 10.1 Å². The summed E-state index contributed by atoms with van der Waals surface area (Å²) in [4.78, 5) is 0.114. The van der Waals surface area contributed by atoms with Crippen molar-refractivity contribution in [2.75, 3.05) is 13.2 Å². The highest BCUT2D eigenvalue weighted by Gasteiger charge is 2.19. The molecule has 0 amide bonds. The van der Waals surface area contributed by atoms with Gasteiger partial charge in [-0.15, -0.1) is 0 Å². The SMILES string of the molecule is Cc1ccc(S(=O)(=O)Oc2ccc3c(c2)OCCO3)cc1. The van der Waals surface area contributed by atoms with E-state index in [9.17, 15) is 8.42 Å². The van der Waals surface area contributed by atoms with Crippen molar-refractivity contribution < 1.29 is 22.1 Å². The average Bonchev–Trinajstić information content (AvgIpc) is 2.47. The first kappa shape index (κ1) is 13.8. The summed E-state index contributed by atoms with van der Waals surface area (Å²) < 4.78 is 40.3. The molecule has 0 fully saturated rings. The minimum atomic E-state index is -3.85. The molecular weight excluding hydrogens is 292 g/mol. The molecule has 0 saturated heterocycles. The van der Waals surface area contributed by atoms with Crippen molar-refractivity contribution in [3.63, 3.8) is 0 Å². The molecule has 3 rings (SSSR count). The van der Waals surface area contributed by atoms with Gasteiger partial charge in [0.2, 0.25) is 0 Å².